The van der Waals surface area contributed by atoms with Gasteiger partial charge in [-0.25, -0.2) is 4.79 Å². The van der Waals surface area contributed by atoms with Gasteiger partial charge in [-0.3, -0.25) is 0 Å². The van der Waals surface area contributed by atoms with Crippen molar-refractivity contribution in [2.75, 3.05) is 0 Å². The summed E-state index contributed by atoms with van der Waals surface area (Å²) in [4.78, 5) is 9.79. The third-order valence-corrected chi connectivity index (χ3v) is 2.18. The van der Waals surface area contributed by atoms with Crippen molar-refractivity contribution in [2.24, 2.45) is 0 Å². The minimum atomic E-state index is -1.07. The third-order valence-electron chi connectivity index (χ3n) is 1.48. The lowest BCUT2D eigenvalue weighted by Crippen LogP contribution is -2.01. The fourth-order valence-corrected chi connectivity index (χ4v) is 1.45. The van der Waals surface area contributed by atoms with Gasteiger partial charge in [-0.15, -0.1) is 23.2 Å². The smallest absolute Gasteiger partial charge is 0.336 e. The fourth-order valence-electron chi connectivity index (χ4n) is 0.909. The van der Waals surface area contributed by atoms with Crippen LogP contribution < -0.4 is 0 Å². The highest BCUT2D eigenvalue weighted by molar-refractivity contribution is 6.44. The molecule has 0 saturated heterocycles. The summed E-state index contributed by atoms with van der Waals surface area (Å²) < 4.78 is 0. The normalized spacial score (nSPS) is 10.5. The maximum Gasteiger partial charge on any atom is 0.336 e. The molecule has 1 aromatic carbocycles. The van der Waals surface area contributed by atoms with Gasteiger partial charge in [0.05, 0.1) is 5.56 Å². The van der Waals surface area contributed by atoms with E-state index in [2.05, 4.69) is 0 Å². The summed E-state index contributed by atoms with van der Waals surface area (Å²) in [5, 5.41) is 9.15. The molecule has 0 atom stereocenters. The van der Waals surface area contributed by atoms with Gasteiger partial charge in [-0.1, -0.05) is 11.6 Å². The van der Waals surface area contributed by atoms with Crippen molar-refractivity contribution < 1.29 is 9.90 Å². The monoisotopic (exact) mass is 238 g/mol. The fraction of sp³-hybridized carbons (Fsp3) is 0.125. The lowest BCUT2D eigenvalue weighted by atomic mass is 10.1. The van der Waals surface area contributed by atoms with Gasteiger partial charge in [0.2, 0.25) is 0 Å². The molecule has 0 spiro atoms. The molecule has 0 aliphatic heterocycles. The molecule has 0 aromatic heterocycles. The average Bonchev–Trinajstić information content (AvgIpc) is 2.03. The van der Waals surface area contributed by atoms with Gasteiger partial charge in [0, 0.05) is 10.6 Å². The number of rotatable bonds is 2. The summed E-state index contributed by atoms with van der Waals surface area (Å²) in [5.74, 6) is -1.07. The predicted molar refractivity (Wildman–Crippen MR) is 52.9 cm³/mol. The van der Waals surface area contributed by atoms with Crippen molar-refractivity contribution in [2.45, 2.75) is 4.84 Å². The molecule has 0 fully saturated rings. The maximum absolute atomic E-state index is 10.7. The quantitative estimate of drug-likeness (QED) is 0.802. The summed E-state index contributed by atoms with van der Waals surface area (Å²) in [7, 11) is 0. The van der Waals surface area contributed by atoms with E-state index in [1.807, 2.05) is 0 Å². The molecule has 0 unspecified atom stereocenters. The molecule has 13 heavy (non-hydrogen) atoms. The second-order valence-corrected chi connectivity index (χ2v) is 3.87. The van der Waals surface area contributed by atoms with Gasteiger partial charge < -0.3 is 5.11 Å². The number of hydrogen-bond donors (Lipinski definition) is 1. The van der Waals surface area contributed by atoms with Gasteiger partial charge in [-0.2, -0.15) is 0 Å². The highest BCUT2D eigenvalue weighted by Gasteiger charge is 2.15. The van der Waals surface area contributed by atoms with Crippen LogP contribution in [0.15, 0.2) is 18.2 Å². The Labute approximate surface area is 90.0 Å². The molecule has 0 saturated carbocycles. The van der Waals surface area contributed by atoms with Crippen molar-refractivity contribution >= 4 is 40.8 Å². The number of carboxylic acids is 1. The minimum Gasteiger partial charge on any atom is -0.478 e. The number of alkyl halides is 2. The van der Waals surface area contributed by atoms with Crippen molar-refractivity contribution in [1.82, 2.24) is 0 Å². The number of benzene rings is 1. The Bertz CT molecular complexity index is 336. The molecule has 2 nitrogen and oxygen atoms in total. The van der Waals surface area contributed by atoms with Crippen LogP contribution in [0.5, 0.6) is 0 Å². The number of halogens is 3. The number of carboxylic acid groups (broad SMARTS) is 1. The molecule has 1 aromatic rings. The Kier molecular flexibility index (Phi) is 3.42. The van der Waals surface area contributed by atoms with Crippen LogP contribution in [0, 0.1) is 0 Å². The summed E-state index contributed by atoms with van der Waals surface area (Å²) in [6.45, 7) is 0. The summed E-state index contributed by atoms with van der Waals surface area (Å²) in [6.07, 6.45) is 0. The first-order chi connectivity index (χ1) is 6.02. The number of carbonyl (C=O) groups is 1. The molecule has 0 bridgehead atoms. The Hall–Kier alpha value is -0.440. The topological polar surface area (TPSA) is 37.3 Å². The molecular formula is C8H5Cl3O2. The lowest BCUT2D eigenvalue weighted by molar-refractivity contribution is 0.0696. The first-order valence-electron chi connectivity index (χ1n) is 3.33. The first-order valence-corrected chi connectivity index (χ1v) is 4.58. The van der Waals surface area contributed by atoms with Gasteiger partial charge in [0.15, 0.2) is 0 Å². The van der Waals surface area contributed by atoms with Crippen LogP contribution in [0.3, 0.4) is 0 Å². The zero-order valence-electron chi connectivity index (χ0n) is 6.30. The first kappa shape index (κ1) is 10.6. The summed E-state index contributed by atoms with van der Waals surface area (Å²) in [6, 6.07) is 4.29. The largest absolute Gasteiger partial charge is 0.478 e. The molecule has 1 rings (SSSR count). The van der Waals surface area contributed by atoms with E-state index in [9.17, 15) is 4.79 Å². The van der Waals surface area contributed by atoms with E-state index in [1.54, 1.807) is 0 Å². The molecule has 5 heteroatoms. The van der Waals surface area contributed by atoms with Gasteiger partial charge in [0.25, 0.3) is 0 Å². The highest BCUT2D eigenvalue weighted by Crippen LogP contribution is 2.30. The van der Waals surface area contributed by atoms with Gasteiger partial charge >= 0.3 is 5.97 Å². The molecule has 1 N–H and O–H groups in total. The van der Waals surface area contributed by atoms with E-state index in [1.165, 1.54) is 18.2 Å². The van der Waals surface area contributed by atoms with Crippen LogP contribution in [0.25, 0.3) is 0 Å². The van der Waals surface area contributed by atoms with Crippen LogP contribution in [0.4, 0.5) is 0 Å². The van der Waals surface area contributed by atoms with Crippen LogP contribution in [-0.4, -0.2) is 11.1 Å². The van der Waals surface area contributed by atoms with Crippen molar-refractivity contribution in [3.05, 3.63) is 34.3 Å². The highest BCUT2D eigenvalue weighted by atomic mass is 35.5. The van der Waals surface area contributed by atoms with Crippen molar-refractivity contribution in [3.8, 4) is 0 Å². The van der Waals surface area contributed by atoms with E-state index < -0.39 is 10.8 Å². The standard InChI is InChI=1S/C8H5Cl3O2/c9-4-1-2-5(8(12)13)6(3-4)7(10)11/h1-3,7H,(H,12,13). The molecule has 0 aliphatic rings. The lowest BCUT2D eigenvalue weighted by Gasteiger charge is -2.06. The number of hydrogen-bond acceptors (Lipinski definition) is 1. The Balaban J connectivity index is 3.26. The Morgan fingerprint density at radius 1 is 1.38 bits per heavy atom. The van der Waals surface area contributed by atoms with Crippen LogP contribution in [0.1, 0.15) is 20.8 Å². The molecule has 0 radical (unpaired) electrons. The summed E-state index contributed by atoms with van der Waals surface area (Å²) >= 11 is 16.8. The Morgan fingerprint density at radius 2 is 2.00 bits per heavy atom. The third kappa shape index (κ3) is 2.50. The minimum absolute atomic E-state index is 0.0689. The summed E-state index contributed by atoms with van der Waals surface area (Å²) in [5.41, 5.74) is 0.378. The van der Waals surface area contributed by atoms with E-state index in [0.717, 1.165) is 0 Å². The van der Waals surface area contributed by atoms with E-state index in [4.69, 9.17) is 39.9 Å². The van der Waals surface area contributed by atoms with E-state index in [0.29, 0.717) is 10.6 Å². The molecule has 0 aliphatic carbocycles. The van der Waals surface area contributed by atoms with E-state index >= 15 is 0 Å². The van der Waals surface area contributed by atoms with Crippen LogP contribution in [-0.2, 0) is 0 Å². The second-order valence-electron chi connectivity index (χ2n) is 2.34. The predicted octanol–water partition coefficient (Wildman–Crippen LogP) is 3.51. The zero-order valence-corrected chi connectivity index (χ0v) is 8.57. The molecular weight excluding hydrogens is 234 g/mol. The van der Waals surface area contributed by atoms with Crippen LogP contribution >= 0.6 is 34.8 Å². The van der Waals surface area contributed by atoms with Gasteiger partial charge in [-0.05, 0) is 18.2 Å². The van der Waals surface area contributed by atoms with E-state index in [-0.39, 0.29) is 5.56 Å². The average molecular weight is 239 g/mol. The number of aromatic carboxylic acids is 1. The molecule has 0 heterocycles. The van der Waals surface area contributed by atoms with Crippen LogP contribution in [0.2, 0.25) is 5.02 Å². The Morgan fingerprint density at radius 3 is 2.46 bits per heavy atom. The maximum atomic E-state index is 10.7. The van der Waals surface area contributed by atoms with Crippen molar-refractivity contribution in [3.63, 3.8) is 0 Å². The zero-order chi connectivity index (χ0) is 10.0. The van der Waals surface area contributed by atoms with Crippen molar-refractivity contribution in [1.29, 1.82) is 0 Å². The van der Waals surface area contributed by atoms with Gasteiger partial charge in [0.1, 0.15) is 4.84 Å². The molecule has 70 valence electrons. The second kappa shape index (κ2) is 4.18. The SMILES string of the molecule is O=C(O)c1ccc(Cl)cc1C(Cl)Cl. The molecule has 0 amide bonds.